The van der Waals surface area contributed by atoms with E-state index in [9.17, 15) is 10.1 Å². The quantitative estimate of drug-likeness (QED) is 0.379. The number of hydrogen-bond donors (Lipinski definition) is 1. The second-order valence-corrected chi connectivity index (χ2v) is 7.20. The molecule has 3 aromatic rings. The van der Waals surface area contributed by atoms with Crippen LogP contribution in [0.5, 0.6) is 11.5 Å². The van der Waals surface area contributed by atoms with Gasteiger partial charge in [0.1, 0.15) is 18.2 Å². The Kier molecular flexibility index (Phi) is 7.31. The molecule has 0 spiro atoms. The Bertz CT molecular complexity index is 1170. The second kappa shape index (κ2) is 10.3. The molecule has 3 aromatic carbocycles. The van der Waals surface area contributed by atoms with Crippen molar-refractivity contribution in [3.63, 3.8) is 0 Å². The molecule has 0 aliphatic carbocycles. The fourth-order valence-electron chi connectivity index (χ4n) is 2.90. The van der Waals surface area contributed by atoms with Crippen molar-refractivity contribution in [2.75, 3.05) is 12.4 Å². The zero-order valence-electron chi connectivity index (χ0n) is 17.2. The number of nitriles is 1. The summed E-state index contributed by atoms with van der Waals surface area (Å²) in [6.45, 7) is 2.22. The summed E-state index contributed by atoms with van der Waals surface area (Å²) in [4.78, 5) is 12.5. The third-order valence-corrected chi connectivity index (χ3v) is 4.78. The minimum Gasteiger partial charge on any atom is -0.493 e. The smallest absolute Gasteiger partial charge is 0.266 e. The summed E-state index contributed by atoms with van der Waals surface area (Å²) >= 11 is 6.01. The van der Waals surface area contributed by atoms with Gasteiger partial charge in [-0.3, -0.25) is 4.79 Å². The second-order valence-electron chi connectivity index (χ2n) is 6.77. The van der Waals surface area contributed by atoms with E-state index in [0.717, 1.165) is 11.1 Å². The number of methoxy groups -OCH3 is 1. The van der Waals surface area contributed by atoms with Crippen LogP contribution >= 0.6 is 11.6 Å². The number of carbonyl (C=O) groups is 1. The van der Waals surface area contributed by atoms with Crippen LogP contribution in [0, 0.1) is 18.3 Å². The monoisotopic (exact) mass is 432 g/mol. The number of anilines is 1. The van der Waals surface area contributed by atoms with E-state index in [0.29, 0.717) is 34.4 Å². The Morgan fingerprint density at radius 1 is 1.10 bits per heavy atom. The largest absolute Gasteiger partial charge is 0.493 e. The van der Waals surface area contributed by atoms with E-state index in [1.807, 2.05) is 49.4 Å². The van der Waals surface area contributed by atoms with E-state index in [1.165, 1.54) is 13.2 Å². The van der Waals surface area contributed by atoms with Gasteiger partial charge in [0.15, 0.2) is 11.5 Å². The molecule has 0 atom stereocenters. The molecular weight excluding hydrogens is 412 g/mol. The molecule has 1 N–H and O–H groups in total. The van der Waals surface area contributed by atoms with Crippen molar-refractivity contribution in [3.05, 3.63) is 94.0 Å². The van der Waals surface area contributed by atoms with Crippen LogP contribution in [0.2, 0.25) is 5.02 Å². The van der Waals surface area contributed by atoms with Crippen LogP contribution in [0.1, 0.15) is 16.7 Å². The Labute approximate surface area is 186 Å². The molecule has 0 bridgehead atoms. The first-order chi connectivity index (χ1) is 15.0. The zero-order valence-corrected chi connectivity index (χ0v) is 17.9. The van der Waals surface area contributed by atoms with Gasteiger partial charge < -0.3 is 14.8 Å². The van der Waals surface area contributed by atoms with Gasteiger partial charge in [-0.1, -0.05) is 48.0 Å². The van der Waals surface area contributed by atoms with Crippen molar-refractivity contribution in [1.82, 2.24) is 0 Å². The van der Waals surface area contributed by atoms with Crippen molar-refractivity contribution in [2.45, 2.75) is 13.5 Å². The Balaban J connectivity index is 1.76. The van der Waals surface area contributed by atoms with Crippen LogP contribution in [-0.4, -0.2) is 13.0 Å². The Morgan fingerprint density at radius 3 is 2.61 bits per heavy atom. The summed E-state index contributed by atoms with van der Waals surface area (Å²) in [6, 6.07) is 22.0. The van der Waals surface area contributed by atoms with E-state index >= 15 is 0 Å². The molecule has 5 nitrogen and oxygen atoms in total. The SMILES string of the molecule is COc1cc(/C=C(\C#N)C(=O)Nc2ccccc2C)ccc1OCc1cccc(Cl)c1. The van der Waals surface area contributed by atoms with Gasteiger partial charge in [-0.2, -0.15) is 5.26 Å². The van der Waals surface area contributed by atoms with E-state index in [1.54, 1.807) is 30.3 Å². The van der Waals surface area contributed by atoms with E-state index in [-0.39, 0.29) is 5.57 Å². The van der Waals surface area contributed by atoms with Crippen molar-refractivity contribution < 1.29 is 14.3 Å². The summed E-state index contributed by atoms with van der Waals surface area (Å²) in [6.07, 6.45) is 1.51. The van der Waals surface area contributed by atoms with Gasteiger partial charge >= 0.3 is 0 Å². The van der Waals surface area contributed by atoms with E-state index in [4.69, 9.17) is 21.1 Å². The van der Waals surface area contributed by atoms with Gasteiger partial charge in [-0.25, -0.2) is 0 Å². The lowest BCUT2D eigenvalue weighted by atomic mass is 10.1. The number of nitrogens with zero attached hydrogens (tertiary/aromatic N) is 1. The lowest BCUT2D eigenvalue weighted by Gasteiger charge is -2.12. The van der Waals surface area contributed by atoms with Crippen molar-refractivity contribution in [2.24, 2.45) is 0 Å². The number of aryl methyl sites for hydroxylation is 1. The number of carbonyl (C=O) groups excluding carboxylic acids is 1. The predicted octanol–water partition coefficient (Wildman–Crippen LogP) is 5.78. The standard InChI is InChI=1S/C25H21ClN2O3/c1-17-6-3-4-9-22(17)28-25(29)20(15-27)12-18-10-11-23(24(14-18)30-2)31-16-19-7-5-8-21(26)13-19/h3-14H,16H2,1-2H3,(H,28,29)/b20-12+. The molecule has 0 saturated carbocycles. The maximum atomic E-state index is 12.5. The minimum absolute atomic E-state index is 0.0158. The molecule has 0 radical (unpaired) electrons. The highest BCUT2D eigenvalue weighted by atomic mass is 35.5. The molecule has 0 saturated heterocycles. The molecule has 156 valence electrons. The van der Waals surface area contributed by atoms with Gasteiger partial charge in [0, 0.05) is 10.7 Å². The minimum atomic E-state index is -0.475. The fourth-order valence-corrected chi connectivity index (χ4v) is 3.11. The van der Waals surface area contributed by atoms with Gasteiger partial charge in [0.2, 0.25) is 0 Å². The molecule has 31 heavy (non-hydrogen) atoms. The average Bonchev–Trinajstić information content (AvgIpc) is 2.77. The average molecular weight is 433 g/mol. The number of nitrogens with one attached hydrogen (secondary N) is 1. The van der Waals surface area contributed by atoms with Crippen LogP contribution < -0.4 is 14.8 Å². The number of hydrogen-bond acceptors (Lipinski definition) is 4. The number of para-hydroxylation sites is 1. The van der Waals surface area contributed by atoms with Gasteiger partial charge in [-0.05, 0) is 60.0 Å². The Morgan fingerprint density at radius 2 is 1.90 bits per heavy atom. The maximum absolute atomic E-state index is 12.5. The fraction of sp³-hybridized carbons (Fsp3) is 0.120. The first-order valence-electron chi connectivity index (χ1n) is 9.54. The van der Waals surface area contributed by atoms with Crippen LogP contribution in [0.3, 0.4) is 0 Å². The van der Waals surface area contributed by atoms with Crippen molar-refractivity contribution >= 4 is 29.3 Å². The number of amides is 1. The highest BCUT2D eigenvalue weighted by Crippen LogP contribution is 2.30. The van der Waals surface area contributed by atoms with Crippen LogP contribution in [0.4, 0.5) is 5.69 Å². The molecule has 3 rings (SSSR count). The summed E-state index contributed by atoms with van der Waals surface area (Å²) in [5.41, 5.74) is 3.13. The maximum Gasteiger partial charge on any atom is 0.266 e. The first kappa shape index (κ1) is 21.9. The third kappa shape index (κ3) is 5.88. The van der Waals surface area contributed by atoms with Crippen LogP contribution in [-0.2, 0) is 11.4 Å². The summed E-state index contributed by atoms with van der Waals surface area (Å²) in [5, 5.41) is 12.9. The molecule has 1 amide bonds. The summed E-state index contributed by atoms with van der Waals surface area (Å²) in [7, 11) is 1.53. The molecule has 0 aliphatic rings. The number of rotatable bonds is 7. The third-order valence-electron chi connectivity index (χ3n) is 4.54. The Hall–Kier alpha value is -3.75. The highest BCUT2D eigenvalue weighted by Gasteiger charge is 2.12. The molecule has 6 heteroatoms. The normalized spacial score (nSPS) is 10.8. The highest BCUT2D eigenvalue weighted by molar-refractivity contribution is 6.30. The van der Waals surface area contributed by atoms with Gasteiger partial charge in [0.25, 0.3) is 5.91 Å². The molecule has 0 heterocycles. The summed E-state index contributed by atoms with van der Waals surface area (Å²) < 4.78 is 11.3. The molecule has 0 aliphatic heterocycles. The van der Waals surface area contributed by atoms with Gasteiger partial charge in [0.05, 0.1) is 7.11 Å². The van der Waals surface area contributed by atoms with E-state index < -0.39 is 5.91 Å². The van der Waals surface area contributed by atoms with Crippen LogP contribution in [0.25, 0.3) is 6.08 Å². The van der Waals surface area contributed by atoms with E-state index in [2.05, 4.69) is 5.32 Å². The van der Waals surface area contributed by atoms with Crippen molar-refractivity contribution in [1.29, 1.82) is 5.26 Å². The number of benzene rings is 3. The topological polar surface area (TPSA) is 71.3 Å². The molecule has 0 unspecified atom stereocenters. The number of halogens is 1. The van der Waals surface area contributed by atoms with Gasteiger partial charge in [-0.15, -0.1) is 0 Å². The zero-order chi connectivity index (χ0) is 22.2. The lowest BCUT2D eigenvalue weighted by Crippen LogP contribution is -2.14. The van der Waals surface area contributed by atoms with Crippen molar-refractivity contribution in [3.8, 4) is 17.6 Å². The lowest BCUT2D eigenvalue weighted by molar-refractivity contribution is -0.112. The predicted molar refractivity (Wildman–Crippen MR) is 122 cm³/mol. The summed E-state index contributed by atoms with van der Waals surface area (Å²) in [5.74, 6) is 0.562. The molecule has 0 fully saturated rings. The van der Waals surface area contributed by atoms with Crippen LogP contribution in [0.15, 0.2) is 72.3 Å². The first-order valence-corrected chi connectivity index (χ1v) is 9.92. The number of ether oxygens (including phenoxy) is 2. The molecular formula is C25H21ClN2O3. The molecule has 0 aromatic heterocycles.